The summed E-state index contributed by atoms with van der Waals surface area (Å²) in [6.45, 7) is -0.607. The Morgan fingerprint density at radius 2 is 2.29 bits per heavy atom. The van der Waals surface area contributed by atoms with Crippen molar-refractivity contribution in [1.29, 1.82) is 0 Å². The van der Waals surface area contributed by atoms with Gasteiger partial charge in [0.2, 0.25) is 0 Å². The van der Waals surface area contributed by atoms with Gasteiger partial charge in [0.15, 0.2) is 5.78 Å². The standard InChI is InChI=1S/C15H15N3O3/c1-8-17-11-4-2-3-10(16)14(11)15(21)18(8)12-6-5-9(19)7-13(12)20/h2-4,12H,5-7,16H2,1H3/i1D,2D,5D2,6D2. The highest BCUT2D eigenvalue weighted by Gasteiger charge is 2.30. The molecule has 2 N–H and O–H groups in total. The molecule has 3 rings (SSSR count). The molecule has 0 spiro atoms. The molecule has 1 aliphatic carbocycles. The molecule has 1 unspecified atom stereocenters. The van der Waals surface area contributed by atoms with E-state index in [1.165, 1.54) is 12.1 Å². The lowest BCUT2D eigenvalue weighted by Crippen LogP contribution is -2.36. The summed E-state index contributed by atoms with van der Waals surface area (Å²) in [6.07, 6.45) is -6.91. The lowest BCUT2D eigenvalue weighted by atomic mass is 9.92. The topological polar surface area (TPSA) is 95.0 Å². The molecule has 6 nitrogen and oxygen atoms in total. The van der Waals surface area contributed by atoms with Crippen LogP contribution >= 0.6 is 0 Å². The number of aromatic nitrogens is 2. The largest absolute Gasteiger partial charge is 0.398 e. The van der Waals surface area contributed by atoms with Crippen molar-refractivity contribution in [2.45, 2.75) is 32.1 Å². The van der Waals surface area contributed by atoms with Crippen LogP contribution in [0.15, 0.2) is 23.0 Å². The molecule has 0 amide bonds. The van der Waals surface area contributed by atoms with Crippen molar-refractivity contribution in [2.24, 2.45) is 0 Å². The minimum atomic E-state index is -3.04. The number of fused-ring (bicyclic) bond motifs is 1. The lowest BCUT2D eigenvalue weighted by Gasteiger charge is -2.24. The van der Waals surface area contributed by atoms with Crippen LogP contribution < -0.4 is 11.3 Å². The van der Waals surface area contributed by atoms with Crippen molar-refractivity contribution in [2.75, 3.05) is 5.73 Å². The van der Waals surface area contributed by atoms with Gasteiger partial charge in [-0.15, -0.1) is 0 Å². The van der Waals surface area contributed by atoms with Crippen molar-refractivity contribution in [3.8, 4) is 0 Å². The summed E-state index contributed by atoms with van der Waals surface area (Å²) in [5.74, 6) is -2.47. The first-order chi connectivity index (χ1) is 12.4. The summed E-state index contributed by atoms with van der Waals surface area (Å²) in [4.78, 5) is 41.4. The Morgan fingerprint density at radius 3 is 3.05 bits per heavy atom. The average Bonchev–Trinajstić information content (AvgIpc) is 2.54. The quantitative estimate of drug-likeness (QED) is 0.628. The first-order valence-corrected chi connectivity index (χ1v) is 6.10. The van der Waals surface area contributed by atoms with E-state index in [0.717, 1.165) is 0 Å². The van der Waals surface area contributed by atoms with Crippen molar-refractivity contribution >= 4 is 28.2 Å². The van der Waals surface area contributed by atoms with Crippen LogP contribution in [0.25, 0.3) is 10.9 Å². The van der Waals surface area contributed by atoms with Crippen molar-refractivity contribution in [3.63, 3.8) is 0 Å². The van der Waals surface area contributed by atoms with E-state index in [1.54, 1.807) is 0 Å². The molecule has 108 valence electrons. The first kappa shape index (κ1) is 8.07. The first-order valence-electron chi connectivity index (χ1n) is 9.30. The maximum atomic E-state index is 13.0. The molecule has 1 atom stereocenters. The summed E-state index contributed by atoms with van der Waals surface area (Å²) in [6, 6.07) is 0.448. The molecule has 1 aliphatic rings. The fourth-order valence-electron chi connectivity index (χ4n) is 2.26. The van der Waals surface area contributed by atoms with Gasteiger partial charge in [0, 0.05) is 18.9 Å². The molecule has 6 heteroatoms. The van der Waals surface area contributed by atoms with Crippen LogP contribution in [0.1, 0.15) is 39.3 Å². The summed E-state index contributed by atoms with van der Waals surface area (Å²) in [5, 5.41) is -0.163. The van der Waals surface area contributed by atoms with Crippen LogP contribution in [0.2, 0.25) is 0 Å². The highest BCUT2D eigenvalue weighted by molar-refractivity contribution is 6.03. The molecule has 0 aliphatic heterocycles. The average molecular weight is 291 g/mol. The number of nitrogens with zero attached hydrogens (tertiary/aromatic N) is 2. The molecular weight excluding hydrogens is 270 g/mol. The van der Waals surface area contributed by atoms with Gasteiger partial charge < -0.3 is 5.73 Å². The number of ketones is 2. The van der Waals surface area contributed by atoms with E-state index < -0.39 is 49.2 Å². The van der Waals surface area contributed by atoms with Crippen molar-refractivity contribution < 1.29 is 17.8 Å². The maximum Gasteiger partial charge on any atom is 0.264 e. The van der Waals surface area contributed by atoms with Gasteiger partial charge in [-0.2, -0.15) is 0 Å². The van der Waals surface area contributed by atoms with Gasteiger partial charge in [-0.3, -0.25) is 19.0 Å². The van der Waals surface area contributed by atoms with Gasteiger partial charge >= 0.3 is 0 Å². The van der Waals surface area contributed by atoms with Crippen LogP contribution in [0.4, 0.5) is 5.69 Å². The zero-order valence-corrected chi connectivity index (χ0v) is 10.8. The number of hydrogen-bond acceptors (Lipinski definition) is 5. The summed E-state index contributed by atoms with van der Waals surface area (Å²) >= 11 is 0. The Morgan fingerprint density at radius 1 is 1.48 bits per heavy atom. The van der Waals surface area contributed by atoms with Crippen LogP contribution in [0.3, 0.4) is 0 Å². The number of benzene rings is 1. The van der Waals surface area contributed by atoms with Gasteiger partial charge in [0.05, 0.1) is 24.7 Å². The Bertz CT molecular complexity index is 1050. The van der Waals surface area contributed by atoms with Crippen LogP contribution in [-0.4, -0.2) is 21.1 Å². The third-order valence-corrected chi connectivity index (χ3v) is 3.21. The molecule has 0 bridgehead atoms. The molecule has 0 radical (unpaired) electrons. The Balaban J connectivity index is 2.40. The number of rotatable bonds is 1. The SMILES string of the molecule is [2H]Cc1nc2cc([2H])cc(N)c2c(=O)n1C1C(=O)CC(=O)C([2H])([2H])C1([2H])[2H]. The van der Waals surface area contributed by atoms with E-state index >= 15 is 0 Å². The second-order valence-corrected chi connectivity index (χ2v) is 4.61. The maximum absolute atomic E-state index is 13.0. The Hall–Kier alpha value is -2.50. The minimum Gasteiger partial charge on any atom is -0.398 e. The second-order valence-electron chi connectivity index (χ2n) is 4.61. The predicted molar refractivity (Wildman–Crippen MR) is 78.1 cm³/mol. The van der Waals surface area contributed by atoms with Gasteiger partial charge in [-0.25, -0.2) is 4.98 Å². The number of hydrogen-bond donors (Lipinski definition) is 1. The Kier molecular flexibility index (Phi) is 1.84. The van der Waals surface area contributed by atoms with Gasteiger partial charge in [0.1, 0.15) is 11.6 Å². The molecule has 1 heterocycles. The minimum absolute atomic E-state index is 0.0198. The third-order valence-electron chi connectivity index (χ3n) is 3.21. The van der Waals surface area contributed by atoms with Crippen molar-refractivity contribution in [1.82, 2.24) is 9.55 Å². The number of anilines is 1. The Labute approximate surface area is 129 Å². The third kappa shape index (κ3) is 2.12. The molecule has 1 saturated carbocycles. The zero-order valence-electron chi connectivity index (χ0n) is 16.8. The molecule has 21 heavy (non-hydrogen) atoms. The molecule has 1 aromatic carbocycles. The number of carbonyl (C=O) groups is 2. The number of nitrogen functional groups attached to an aromatic ring is 1. The molecule has 2 aromatic rings. The zero-order chi connectivity index (χ0) is 20.3. The number of aryl methyl sites for hydroxylation is 1. The molecule has 1 fully saturated rings. The number of Topliss-reactive ketones (excluding diaryl/α,β-unsaturated/α-hetero) is 2. The number of carbonyl (C=O) groups excluding carboxylic acids is 2. The summed E-state index contributed by atoms with van der Waals surface area (Å²) in [7, 11) is 0. The van der Waals surface area contributed by atoms with Gasteiger partial charge in [-0.05, 0) is 25.4 Å². The van der Waals surface area contributed by atoms with Crippen LogP contribution in [0, 0.1) is 6.90 Å². The summed E-state index contributed by atoms with van der Waals surface area (Å²) < 4.78 is 47.7. The number of nitrogens with two attached hydrogens (primary N) is 1. The van der Waals surface area contributed by atoms with E-state index in [-0.39, 0.29) is 28.5 Å². The molecule has 1 aromatic heterocycles. The van der Waals surface area contributed by atoms with Gasteiger partial charge in [0.25, 0.3) is 5.56 Å². The fraction of sp³-hybridized carbons (Fsp3) is 0.333. The molecular formula is C15H15N3O3. The monoisotopic (exact) mass is 291 g/mol. The normalized spacial score (nSPS) is 28.1. The smallest absolute Gasteiger partial charge is 0.264 e. The molecule has 0 saturated heterocycles. The van der Waals surface area contributed by atoms with Crippen molar-refractivity contribution in [3.05, 3.63) is 34.4 Å². The van der Waals surface area contributed by atoms with Crippen LogP contribution in [0.5, 0.6) is 0 Å². The van der Waals surface area contributed by atoms with Crippen LogP contribution in [-0.2, 0) is 9.59 Å². The summed E-state index contributed by atoms with van der Waals surface area (Å²) in [5.41, 5.74) is 4.79. The van der Waals surface area contributed by atoms with E-state index in [2.05, 4.69) is 4.98 Å². The highest BCUT2D eigenvalue weighted by atomic mass is 16.2. The lowest BCUT2D eigenvalue weighted by molar-refractivity contribution is -0.132. The van der Waals surface area contributed by atoms with E-state index in [4.69, 9.17) is 14.0 Å². The van der Waals surface area contributed by atoms with E-state index in [9.17, 15) is 14.4 Å². The second kappa shape index (κ2) is 4.80. The van der Waals surface area contributed by atoms with E-state index in [0.29, 0.717) is 4.57 Å². The van der Waals surface area contributed by atoms with Gasteiger partial charge in [-0.1, -0.05) is 6.04 Å². The predicted octanol–water partition coefficient (Wildman–Crippen LogP) is 1.15. The van der Waals surface area contributed by atoms with E-state index in [1.807, 2.05) is 0 Å². The highest BCUT2D eigenvalue weighted by Crippen LogP contribution is 2.24. The fourth-order valence-corrected chi connectivity index (χ4v) is 2.26.